The molecule has 0 N–H and O–H groups in total. The van der Waals surface area contributed by atoms with Crippen LogP contribution in [0.3, 0.4) is 0 Å². The first-order valence-corrected chi connectivity index (χ1v) is 7.73. The molecule has 0 spiro atoms. The van der Waals surface area contributed by atoms with Gasteiger partial charge in [-0.2, -0.15) is 0 Å². The van der Waals surface area contributed by atoms with E-state index in [1.54, 1.807) is 6.20 Å². The number of hydrogen-bond acceptors (Lipinski definition) is 7. The van der Waals surface area contributed by atoms with Gasteiger partial charge in [-0.05, 0) is 6.07 Å². The van der Waals surface area contributed by atoms with E-state index in [-0.39, 0.29) is 18.0 Å². The fourth-order valence-corrected chi connectivity index (χ4v) is 2.74. The summed E-state index contributed by atoms with van der Waals surface area (Å²) in [5.41, 5.74) is 0.840. The van der Waals surface area contributed by atoms with Crippen LogP contribution in [-0.2, 0) is 11.3 Å². The minimum absolute atomic E-state index is 0.0217. The van der Waals surface area contributed by atoms with E-state index in [0.717, 1.165) is 21.6 Å². The SMILES string of the molecule is O=C(OCc1cnc(-c2ccccc2)s1)c1ccc([N+](=O)[O-])cn1. The summed E-state index contributed by atoms with van der Waals surface area (Å²) in [7, 11) is 0. The smallest absolute Gasteiger partial charge is 0.357 e. The van der Waals surface area contributed by atoms with Crippen LogP contribution in [0, 0.1) is 10.1 Å². The molecule has 0 saturated heterocycles. The van der Waals surface area contributed by atoms with Crippen LogP contribution in [0.15, 0.2) is 54.9 Å². The second-order valence-electron chi connectivity index (χ2n) is 4.73. The maximum atomic E-state index is 11.9. The van der Waals surface area contributed by atoms with Crippen LogP contribution < -0.4 is 0 Å². The Hall–Kier alpha value is -3.13. The number of pyridine rings is 1. The van der Waals surface area contributed by atoms with Gasteiger partial charge in [-0.3, -0.25) is 10.1 Å². The van der Waals surface area contributed by atoms with E-state index in [1.165, 1.54) is 23.5 Å². The molecular weight excluding hydrogens is 330 g/mol. The lowest BCUT2D eigenvalue weighted by Gasteiger charge is -2.01. The number of thiazole rings is 1. The van der Waals surface area contributed by atoms with Crippen molar-refractivity contribution < 1.29 is 14.5 Å². The Balaban J connectivity index is 1.62. The zero-order chi connectivity index (χ0) is 16.9. The van der Waals surface area contributed by atoms with Crippen molar-refractivity contribution in [2.24, 2.45) is 0 Å². The highest BCUT2D eigenvalue weighted by molar-refractivity contribution is 7.15. The number of carbonyl (C=O) groups is 1. The number of aromatic nitrogens is 2. The third-order valence-corrected chi connectivity index (χ3v) is 4.11. The molecule has 0 aliphatic carbocycles. The third-order valence-electron chi connectivity index (χ3n) is 3.09. The molecule has 0 radical (unpaired) electrons. The molecule has 24 heavy (non-hydrogen) atoms. The van der Waals surface area contributed by atoms with Crippen molar-refractivity contribution in [3.05, 3.63) is 75.5 Å². The number of rotatable bonds is 5. The van der Waals surface area contributed by atoms with Gasteiger partial charge in [-0.25, -0.2) is 14.8 Å². The quantitative estimate of drug-likeness (QED) is 0.400. The van der Waals surface area contributed by atoms with Crippen molar-refractivity contribution in [1.82, 2.24) is 9.97 Å². The summed E-state index contributed by atoms with van der Waals surface area (Å²) in [5.74, 6) is -0.639. The van der Waals surface area contributed by atoms with Crippen LogP contribution in [0.25, 0.3) is 10.6 Å². The van der Waals surface area contributed by atoms with Gasteiger partial charge in [0.25, 0.3) is 5.69 Å². The number of ether oxygens (including phenoxy) is 1. The highest BCUT2D eigenvalue weighted by Crippen LogP contribution is 2.25. The predicted octanol–water partition coefficient (Wildman–Crippen LogP) is 3.47. The van der Waals surface area contributed by atoms with Gasteiger partial charge in [-0.15, -0.1) is 11.3 Å². The fourth-order valence-electron chi connectivity index (χ4n) is 1.91. The van der Waals surface area contributed by atoms with Crippen LogP contribution >= 0.6 is 11.3 Å². The van der Waals surface area contributed by atoms with Gasteiger partial charge in [0, 0.05) is 17.8 Å². The van der Waals surface area contributed by atoms with E-state index >= 15 is 0 Å². The molecule has 0 atom stereocenters. The summed E-state index contributed by atoms with van der Waals surface area (Å²) in [5, 5.41) is 11.4. The minimum Gasteiger partial charge on any atom is -0.455 e. The highest BCUT2D eigenvalue weighted by atomic mass is 32.1. The molecule has 3 rings (SSSR count). The predicted molar refractivity (Wildman–Crippen MR) is 87.6 cm³/mol. The van der Waals surface area contributed by atoms with Gasteiger partial charge >= 0.3 is 5.97 Å². The van der Waals surface area contributed by atoms with Gasteiger partial charge in [0.15, 0.2) is 0 Å². The molecule has 2 heterocycles. The summed E-state index contributed by atoms with van der Waals surface area (Å²) < 4.78 is 5.16. The maximum Gasteiger partial charge on any atom is 0.357 e. The Morgan fingerprint density at radius 2 is 1.92 bits per heavy atom. The molecule has 0 aliphatic rings. The molecule has 1 aromatic carbocycles. The van der Waals surface area contributed by atoms with Gasteiger partial charge in [0.05, 0.1) is 9.80 Å². The number of nitro groups is 1. The second kappa shape index (κ2) is 6.97. The van der Waals surface area contributed by atoms with E-state index in [9.17, 15) is 14.9 Å². The van der Waals surface area contributed by atoms with E-state index < -0.39 is 10.9 Å². The summed E-state index contributed by atoms with van der Waals surface area (Å²) in [6, 6.07) is 12.2. The number of esters is 1. The first-order valence-electron chi connectivity index (χ1n) is 6.91. The second-order valence-corrected chi connectivity index (χ2v) is 5.85. The molecule has 7 nitrogen and oxygen atoms in total. The van der Waals surface area contributed by atoms with Crippen LogP contribution in [0.1, 0.15) is 15.4 Å². The van der Waals surface area contributed by atoms with Crippen LogP contribution in [0.5, 0.6) is 0 Å². The lowest BCUT2D eigenvalue weighted by molar-refractivity contribution is -0.385. The summed E-state index contributed by atoms with van der Waals surface area (Å²) in [4.78, 5) is 30.7. The van der Waals surface area contributed by atoms with E-state index in [1.807, 2.05) is 30.3 Å². The third kappa shape index (κ3) is 3.61. The number of carbonyl (C=O) groups excluding carboxylic acids is 1. The summed E-state index contributed by atoms with van der Waals surface area (Å²) >= 11 is 1.43. The normalized spacial score (nSPS) is 10.3. The minimum atomic E-state index is -0.639. The molecule has 0 amide bonds. The van der Waals surface area contributed by atoms with Crippen molar-refractivity contribution in [2.75, 3.05) is 0 Å². The molecule has 0 unspecified atom stereocenters. The standard InChI is InChI=1S/C16H11N3O4S/c20-16(14-7-6-12(8-17-14)19(21)22)23-10-13-9-18-15(24-13)11-4-2-1-3-5-11/h1-9H,10H2. The molecule has 3 aromatic rings. The lowest BCUT2D eigenvalue weighted by atomic mass is 10.2. The average molecular weight is 341 g/mol. The van der Waals surface area contributed by atoms with Gasteiger partial charge in [0.2, 0.25) is 0 Å². The Morgan fingerprint density at radius 1 is 1.12 bits per heavy atom. The number of benzene rings is 1. The monoisotopic (exact) mass is 341 g/mol. The van der Waals surface area contributed by atoms with Crippen LogP contribution in [0.2, 0.25) is 0 Å². The lowest BCUT2D eigenvalue weighted by Crippen LogP contribution is -2.07. The molecule has 0 saturated carbocycles. The molecule has 0 bridgehead atoms. The van der Waals surface area contributed by atoms with Crippen molar-refractivity contribution >= 4 is 23.0 Å². The zero-order valence-corrected chi connectivity index (χ0v) is 13.1. The topological polar surface area (TPSA) is 95.2 Å². The molecule has 120 valence electrons. The Kier molecular flexibility index (Phi) is 4.57. The van der Waals surface area contributed by atoms with Crippen molar-refractivity contribution in [1.29, 1.82) is 0 Å². The summed E-state index contributed by atoms with van der Waals surface area (Å²) in [6.07, 6.45) is 2.68. The van der Waals surface area contributed by atoms with Gasteiger partial charge in [-0.1, -0.05) is 30.3 Å². The van der Waals surface area contributed by atoms with Crippen molar-refractivity contribution in [2.45, 2.75) is 6.61 Å². The Morgan fingerprint density at radius 3 is 2.58 bits per heavy atom. The zero-order valence-electron chi connectivity index (χ0n) is 12.3. The highest BCUT2D eigenvalue weighted by Gasteiger charge is 2.13. The van der Waals surface area contributed by atoms with E-state index in [2.05, 4.69) is 9.97 Å². The van der Waals surface area contributed by atoms with Gasteiger partial charge < -0.3 is 4.74 Å². The van der Waals surface area contributed by atoms with Gasteiger partial charge in [0.1, 0.15) is 23.5 Å². The first-order chi connectivity index (χ1) is 11.6. The molecular formula is C16H11N3O4S. The Labute approximate surface area is 140 Å². The maximum absolute atomic E-state index is 11.9. The number of nitrogens with zero attached hydrogens (tertiary/aromatic N) is 3. The largest absolute Gasteiger partial charge is 0.455 e. The summed E-state index contributed by atoms with van der Waals surface area (Å²) in [6.45, 7) is 0.0714. The Bertz CT molecular complexity index is 863. The first kappa shape index (κ1) is 15.8. The molecule has 0 fully saturated rings. The van der Waals surface area contributed by atoms with Crippen molar-refractivity contribution in [3.63, 3.8) is 0 Å². The molecule has 0 aliphatic heterocycles. The number of hydrogen-bond donors (Lipinski definition) is 0. The van der Waals surface area contributed by atoms with Crippen LogP contribution in [-0.4, -0.2) is 20.9 Å². The average Bonchev–Trinajstić information content (AvgIpc) is 3.09. The van der Waals surface area contributed by atoms with Crippen molar-refractivity contribution in [3.8, 4) is 10.6 Å². The van der Waals surface area contributed by atoms with E-state index in [4.69, 9.17) is 4.74 Å². The molecule has 8 heteroatoms. The molecule has 2 aromatic heterocycles. The van der Waals surface area contributed by atoms with E-state index in [0.29, 0.717) is 0 Å². The fraction of sp³-hybridized carbons (Fsp3) is 0.0625. The van der Waals surface area contributed by atoms with Crippen LogP contribution in [0.4, 0.5) is 5.69 Å².